The average Bonchev–Trinajstić information content (AvgIpc) is 3.00. The molecule has 110 valence electrons. The predicted molar refractivity (Wildman–Crippen MR) is 74.2 cm³/mol. The van der Waals surface area contributed by atoms with E-state index in [1.807, 2.05) is 0 Å². The Morgan fingerprint density at radius 3 is 3.00 bits per heavy atom. The predicted octanol–water partition coefficient (Wildman–Crippen LogP) is 2.52. The number of hydrogen-bond donors (Lipinski definition) is 1. The zero-order valence-electron chi connectivity index (χ0n) is 12.1. The summed E-state index contributed by atoms with van der Waals surface area (Å²) in [7, 11) is 0. The number of carbonyl (C=O) groups is 1. The first kappa shape index (κ1) is 14.8. The maximum absolute atomic E-state index is 11.5. The molecule has 2 rings (SSSR count). The van der Waals surface area contributed by atoms with E-state index in [1.54, 1.807) is 0 Å². The van der Waals surface area contributed by atoms with Crippen molar-refractivity contribution in [3.05, 3.63) is 0 Å². The number of aliphatic carboxylic acids is 1. The first-order chi connectivity index (χ1) is 9.16. The number of nitrogens with zero attached hydrogens (tertiary/aromatic N) is 1. The molecule has 2 atom stereocenters. The van der Waals surface area contributed by atoms with E-state index in [9.17, 15) is 9.90 Å². The zero-order valence-corrected chi connectivity index (χ0v) is 12.1. The van der Waals surface area contributed by atoms with Gasteiger partial charge in [0.15, 0.2) is 0 Å². The van der Waals surface area contributed by atoms with Crippen LogP contribution in [-0.4, -0.2) is 48.3 Å². The van der Waals surface area contributed by atoms with Crippen LogP contribution in [0.4, 0.5) is 0 Å². The molecule has 0 aromatic heterocycles. The van der Waals surface area contributed by atoms with Crippen LogP contribution in [0.1, 0.15) is 51.9 Å². The molecule has 2 fully saturated rings. The molecule has 2 aliphatic rings. The average molecular weight is 269 g/mol. The van der Waals surface area contributed by atoms with Crippen molar-refractivity contribution >= 4 is 5.97 Å². The minimum Gasteiger partial charge on any atom is -0.481 e. The molecule has 2 heterocycles. The van der Waals surface area contributed by atoms with Crippen molar-refractivity contribution in [3.63, 3.8) is 0 Å². The lowest BCUT2D eigenvalue weighted by molar-refractivity contribution is -0.148. The molecule has 2 aliphatic heterocycles. The molecular formula is C15H27NO3. The highest BCUT2D eigenvalue weighted by Crippen LogP contribution is 2.35. The van der Waals surface area contributed by atoms with E-state index < -0.39 is 11.4 Å². The minimum absolute atomic E-state index is 0.461. The normalized spacial score (nSPS) is 31.9. The monoisotopic (exact) mass is 269 g/mol. The molecule has 0 spiro atoms. The molecule has 0 saturated carbocycles. The van der Waals surface area contributed by atoms with Crippen molar-refractivity contribution in [2.75, 3.05) is 26.2 Å². The smallest absolute Gasteiger partial charge is 0.310 e. The van der Waals surface area contributed by atoms with Gasteiger partial charge in [-0.1, -0.05) is 13.3 Å². The second-order valence-corrected chi connectivity index (χ2v) is 6.14. The molecule has 0 amide bonds. The first-order valence-corrected chi connectivity index (χ1v) is 7.74. The van der Waals surface area contributed by atoms with Gasteiger partial charge in [-0.2, -0.15) is 0 Å². The Morgan fingerprint density at radius 1 is 1.53 bits per heavy atom. The van der Waals surface area contributed by atoms with Crippen LogP contribution in [0.3, 0.4) is 0 Å². The standard InChI is InChI=1S/C15H27NO3/c1-2-7-15(14(17)18)8-10-16(12-15)9-3-5-13-6-4-11-19-13/h13H,2-12H2,1H3,(H,17,18). The number of likely N-dealkylation sites (tertiary alicyclic amines) is 1. The summed E-state index contributed by atoms with van der Waals surface area (Å²) in [6.45, 7) is 5.70. The number of hydrogen-bond acceptors (Lipinski definition) is 3. The van der Waals surface area contributed by atoms with Gasteiger partial charge in [-0.25, -0.2) is 0 Å². The van der Waals surface area contributed by atoms with Crippen LogP contribution < -0.4 is 0 Å². The van der Waals surface area contributed by atoms with Gasteiger partial charge in [0.25, 0.3) is 0 Å². The van der Waals surface area contributed by atoms with E-state index in [4.69, 9.17) is 4.74 Å². The van der Waals surface area contributed by atoms with Gasteiger partial charge < -0.3 is 14.7 Å². The van der Waals surface area contributed by atoms with E-state index in [2.05, 4.69) is 11.8 Å². The molecule has 0 aliphatic carbocycles. The number of rotatable bonds is 7. The van der Waals surface area contributed by atoms with Gasteiger partial charge in [0.05, 0.1) is 11.5 Å². The van der Waals surface area contributed by atoms with Gasteiger partial charge in [0.2, 0.25) is 0 Å². The zero-order chi connectivity index (χ0) is 13.7. The van der Waals surface area contributed by atoms with Crippen molar-refractivity contribution in [3.8, 4) is 0 Å². The fourth-order valence-electron chi connectivity index (χ4n) is 3.53. The second-order valence-electron chi connectivity index (χ2n) is 6.14. The van der Waals surface area contributed by atoms with Gasteiger partial charge in [0, 0.05) is 13.2 Å². The molecule has 2 unspecified atom stereocenters. The third-order valence-electron chi connectivity index (χ3n) is 4.64. The Balaban J connectivity index is 1.72. The first-order valence-electron chi connectivity index (χ1n) is 7.74. The quantitative estimate of drug-likeness (QED) is 0.771. The van der Waals surface area contributed by atoms with E-state index in [1.165, 1.54) is 12.8 Å². The van der Waals surface area contributed by atoms with E-state index in [0.717, 1.165) is 58.3 Å². The van der Waals surface area contributed by atoms with Crippen molar-refractivity contribution in [1.82, 2.24) is 4.90 Å². The van der Waals surface area contributed by atoms with Crippen molar-refractivity contribution in [2.45, 2.75) is 58.0 Å². The summed E-state index contributed by atoms with van der Waals surface area (Å²) in [6, 6.07) is 0. The molecule has 0 aromatic rings. The molecule has 1 N–H and O–H groups in total. The summed E-state index contributed by atoms with van der Waals surface area (Å²) in [4.78, 5) is 13.8. The van der Waals surface area contributed by atoms with E-state index in [-0.39, 0.29) is 0 Å². The Bertz CT molecular complexity index is 302. The molecule has 0 bridgehead atoms. The highest BCUT2D eigenvalue weighted by molar-refractivity contribution is 5.75. The Labute approximate surface area is 116 Å². The van der Waals surface area contributed by atoms with Gasteiger partial charge in [-0.05, 0) is 51.6 Å². The molecule has 2 saturated heterocycles. The topological polar surface area (TPSA) is 49.8 Å². The summed E-state index contributed by atoms with van der Waals surface area (Å²) < 4.78 is 5.62. The summed E-state index contributed by atoms with van der Waals surface area (Å²) in [5.41, 5.74) is -0.474. The van der Waals surface area contributed by atoms with E-state index in [0.29, 0.717) is 6.10 Å². The summed E-state index contributed by atoms with van der Waals surface area (Å²) in [5, 5.41) is 9.46. The van der Waals surface area contributed by atoms with Crippen LogP contribution in [-0.2, 0) is 9.53 Å². The van der Waals surface area contributed by atoms with Crippen molar-refractivity contribution in [2.24, 2.45) is 5.41 Å². The molecular weight excluding hydrogens is 242 g/mol. The highest BCUT2D eigenvalue weighted by atomic mass is 16.5. The van der Waals surface area contributed by atoms with Crippen LogP contribution >= 0.6 is 0 Å². The summed E-state index contributed by atoms with van der Waals surface area (Å²) in [6.07, 6.45) is 7.71. The third-order valence-corrected chi connectivity index (χ3v) is 4.64. The highest BCUT2D eigenvalue weighted by Gasteiger charge is 2.43. The molecule has 0 aromatic carbocycles. The molecule has 19 heavy (non-hydrogen) atoms. The second kappa shape index (κ2) is 6.71. The third kappa shape index (κ3) is 3.69. The Kier molecular flexibility index (Phi) is 5.22. The molecule has 0 radical (unpaired) electrons. The van der Waals surface area contributed by atoms with Gasteiger partial charge in [0.1, 0.15) is 0 Å². The number of carboxylic acid groups (broad SMARTS) is 1. The Hall–Kier alpha value is -0.610. The van der Waals surface area contributed by atoms with Crippen molar-refractivity contribution < 1.29 is 14.6 Å². The maximum atomic E-state index is 11.5. The van der Waals surface area contributed by atoms with Gasteiger partial charge in [-0.15, -0.1) is 0 Å². The van der Waals surface area contributed by atoms with Gasteiger partial charge >= 0.3 is 5.97 Å². The fraction of sp³-hybridized carbons (Fsp3) is 0.933. The lowest BCUT2D eigenvalue weighted by Gasteiger charge is -2.24. The lowest BCUT2D eigenvalue weighted by atomic mass is 9.83. The maximum Gasteiger partial charge on any atom is 0.310 e. The SMILES string of the molecule is CCCC1(C(=O)O)CCN(CCCC2CCCO2)C1. The van der Waals surface area contributed by atoms with Crippen LogP contribution in [0.25, 0.3) is 0 Å². The molecule has 4 heteroatoms. The molecule has 4 nitrogen and oxygen atoms in total. The lowest BCUT2D eigenvalue weighted by Crippen LogP contribution is -2.35. The summed E-state index contributed by atoms with van der Waals surface area (Å²) in [5.74, 6) is -0.601. The van der Waals surface area contributed by atoms with Crippen LogP contribution in [0.5, 0.6) is 0 Å². The van der Waals surface area contributed by atoms with Crippen LogP contribution in [0.2, 0.25) is 0 Å². The van der Waals surface area contributed by atoms with Crippen LogP contribution in [0, 0.1) is 5.41 Å². The van der Waals surface area contributed by atoms with Crippen molar-refractivity contribution in [1.29, 1.82) is 0 Å². The number of carboxylic acids is 1. The van der Waals surface area contributed by atoms with Gasteiger partial charge in [-0.3, -0.25) is 4.79 Å². The number of ether oxygens (including phenoxy) is 1. The largest absolute Gasteiger partial charge is 0.481 e. The fourth-order valence-corrected chi connectivity index (χ4v) is 3.53. The Morgan fingerprint density at radius 2 is 2.37 bits per heavy atom. The summed E-state index contributed by atoms with van der Waals surface area (Å²) >= 11 is 0. The van der Waals surface area contributed by atoms with E-state index >= 15 is 0 Å². The van der Waals surface area contributed by atoms with Crippen LogP contribution in [0.15, 0.2) is 0 Å². The minimum atomic E-state index is -0.601.